The first-order valence-electron chi connectivity index (χ1n) is 11.3. The average Bonchev–Trinajstić information content (AvgIpc) is 3.57. The molecule has 0 saturated heterocycles. The Hall–Kier alpha value is -3.14. The highest BCUT2D eigenvalue weighted by molar-refractivity contribution is 7.22. The van der Waals surface area contributed by atoms with Crippen LogP contribution in [0.2, 0.25) is 0 Å². The van der Waals surface area contributed by atoms with Crippen LogP contribution in [0.25, 0.3) is 21.3 Å². The molecule has 0 radical (unpaired) electrons. The quantitative estimate of drug-likeness (QED) is 0.452. The third kappa shape index (κ3) is 5.16. The largest absolute Gasteiger partial charge is 0.446 e. The molecule has 2 saturated carbocycles. The predicted molar refractivity (Wildman–Crippen MR) is 126 cm³/mol. The van der Waals surface area contributed by atoms with Crippen molar-refractivity contribution in [2.45, 2.75) is 57.5 Å². The van der Waals surface area contributed by atoms with Gasteiger partial charge in [0.05, 0.1) is 21.6 Å². The molecule has 10 heteroatoms. The molecule has 2 aromatic heterocycles. The number of nitrogens with one attached hydrogen (secondary N) is 2. The van der Waals surface area contributed by atoms with Gasteiger partial charge in [-0.2, -0.15) is 0 Å². The summed E-state index contributed by atoms with van der Waals surface area (Å²) >= 11 is 1.41. The first kappa shape index (κ1) is 22.6. The van der Waals surface area contributed by atoms with Crippen LogP contribution in [0, 0.1) is 12.8 Å². The SMILES string of the molecule is Cc1ncc(-c2ccc3nc(NC(=O)C4CC4)sc3c2)cc1NC(=O)OC1CCC(F)(F)CC1. The molecule has 5 rings (SSSR count). The second-order valence-electron chi connectivity index (χ2n) is 8.91. The van der Waals surface area contributed by atoms with Gasteiger partial charge < -0.3 is 10.1 Å². The molecule has 7 nitrogen and oxygen atoms in total. The number of anilines is 2. The summed E-state index contributed by atoms with van der Waals surface area (Å²) < 4.78 is 32.9. The number of hydrogen-bond donors (Lipinski definition) is 2. The van der Waals surface area contributed by atoms with Crippen LogP contribution >= 0.6 is 11.3 Å². The molecule has 2 N–H and O–H groups in total. The fraction of sp³-hybridized carbons (Fsp3) is 0.417. The molecular formula is C24H24F2N4O3S. The molecule has 2 amide bonds. The Balaban J connectivity index is 1.28. The van der Waals surface area contributed by atoms with Crippen molar-refractivity contribution >= 4 is 44.4 Å². The number of halogens is 2. The van der Waals surface area contributed by atoms with Crippen molar-refractivity contribution < 1.29 is 23.1 Å². The molecule has 2 aliphatic rings. The van der Waals surface area contributed by atoms with Gasteiger partial charge in [0, 0.05) is 30.5 Å². The molecule has 0 bridgehead atoms. The number of aryl methyl sites for hydroxylation is 1. The maximum absolute atomic E-state index is 13.3. The molecule has 3 aromatic rings. The van der Waals surface area contributed by atoms with Gasteiger partial charge in [0.1, 0.15) is 6.10 Å². The van der Waals surface area contributed by atoms with E-state index in [4.69, 9.17) is 4.74 Å². The number of rotatable bonds is 5. The molecule has 2 heterocycles. The molecule has 34 heavy (non-hydrogen) atoms. The maximum atomic E-state index is 13.3. The highest BCUT2D eigenvalue weighted by atomic mass is 32.1. The topological polar surface area (TPSA) is 93.2 Å². The molecule has 2 aliphatic carbocycles. The van der Waals surface area contributed by atoms with Crippen molar-refractivity contribution in [2.24, 2.45) is 5.92 Å². The summed E-state index contributed by atoms with van der Waals surface area (Å²) in [6, 6.07) is 7.56. The van der Waals surface area contributed by atoms with Crippen molar-refractivity contribution in [3.8, 4) is 11.1 Å². The Labute approximate surface area is 198 Å². The van der Waals surface area contributed by atoms with Gasteiger partial charge in [-0.15, -0.1) is 0 Å². The van der Waals surface area contributed by atoms with Crippen molar-refractivity contribution in [2.75, 3.05) is 10.6 Å². The number of carbonyl (C=O) groups is 2. The number of ether oxygens (including phenoxy) is 1. The zero-order valence-corrected chi connectivity index (χ0v) is 19.4. The minimum atomic E-state index is -2.67. The standard InChI is InChI=1S/C24H24F2N4O3S/c1-13-19(29-23(32)33-17-6-8-24(25,26)9-7-17)10-16(12-27-13)15-4-5-18-20(11-15)34-22(28-18)30-21(31)14-2-3-14/h4-5,10-12,14,17H,2-3,6-9H2,1H3,(H,29,32)(H,28,30,31). The van der Waals surface area contributed by atoms with Crippen LogP contribution in [-0.4, -0.2) is 34.0 Å². The molecule has 178 valence electrons. The Kier molecular flexibility index (Phi) is 5.93. The van der Waals surface area contributed by atoms with E-state index in [-0.39, 0.29) is 37.5 Å². The van der Waals surface area contributed by atoms with Crippen molar-refractivity contribution in [3.05, 3.63) is 36.2 Å². The summed E-state index contributed by atoms with van der Waals surface area (Å²) in [4.78, 5) is 33.3. The molecule has 0 unspecified atom stereocenters. The number of hydrogen-bond acceptors (Lipinski definition) is 6. The fourth-order valence-corrected chi connectivity index (χ4v) is 4.86. The third-order valence-electron chi connectivity index (χ3n) is 6.16. The highest BCUT2D eigenvalue weighted by Gasteiger charge is 2.36. The first-order valence-corrected chi connectivity index (χ1v) is 12.1. The van der Waals surface area contributed by atoms with Crippen LogP contribution in [-0.2, 0) is 9.53 Å². The highest BCUT2D eigenvalue weighted by Crippen LogP contribution is 2.35. The van der Waals surface area contributed by atoms with E-state index in [1.807, 2.05) is 18.2 Å². The number of pyridine rings is 1. The number of carbonyl (C=O) groups excluding carboxylic acids is 2. The van der Waals surface area contributed by atoms with E-state index in [1.165, 1.54) is 11.3 Å². The van der Waals surface area contributed by atoms with E-state index >= 15 is 0 Å². The van der Waals surface area contributed by atoms with Crippen LogP contribution in [0.1, 0.15) is 44.2 Å². The van der Waals surface area contributed by atoms with Crippen molar-refractivity contribution in [1.29, 1.82) is 0 Å². The van der Waals surface area contributed by atoms with Gasteiger partial charge in [-0.3, -0.25) is 15.1 Å². The van der Waals surface area contributed by atoms with Crippen molar-refractivity contribution in [1.82, 2.24) is 9.97 Å². The van der Waals surface area contributed by atoms with Gasteiger partial charge in [0.25, 0.3) is 0 Å². The Morgan fingerprint density at radius 1 is 1.09 bits per heavy atom. The minimum absolute atomic E-state index is 0.0200. The monoisotopic (exact) mass is 486 g/mol. The van der Waals surface area contributed by atoms with Crippen LogP contribution in [0.15, 0.2) is 30.5 Å². The third-order valence-corrected chi connectivity index (χ3v) is 7.10. The summed E-state index contributed by atoms with van der Waals surface area (Å²) in [6.07, 6.45) is 2.15. The van der Waals surface area contributed by atoms with Crippen LogP contribution < -0.4 is 10.6 Å². The number of amides is 2. The number of nitrogens with zero attached hydrogens (tertiary/aromatic N) is 2. The molecule has 0 aliphatic heterocycles. The molecule has 1 aromatic carbocycles. The van der Waals surface area contributed by atoms with Crippen molar-refractivity contribution in [3.63, 3.8) is 0 Å². The number of benzene rings is 1. The van der Waals surface area contributed by atoms with Crippen LogP contribution in [0.4, 0.5) is 24.4 Å². The van der Waals surface area contributed by atoms with Gasteiger partial charge in [-0.05, 0) is 56.4 Å². The number of fused-ring (bicyclic) bond motifs is 1. The predicted octanol–water partition coefficient (Wildman–Crippen LogP) is 6.14. The summed E-state index contributed by atoms with van der Waals surface area (Å²) in [5, 5.41) is 6.16. The average molecular weight is 487 g/mol. The molecule has 0 spiro atoms. The molecular weight excluding hydrogens is 462 g/mol. The van der Waals surface area contributed by atoms with E-state index < -0.39 is 18.1 Å². The summed E-state index contributed by atoms with van der Waals surface area (Å²) in [6.45, 7) is 1.77. The second-order valence-corrected chi connectivity index (χ2v) is 9.94. The Morgan fingerprint density at radius 3 is 2.59 bits per heavy atom. The van der Waals surface area contributed by atoms with E-state index in [2.05, 4.69) is 20.6 Å². The second kappa shape index (κ2) is 8.90. The number of aromatic nitrogens is 2. The van der Waals surface area contributed by atoms with Gasteiger partial charge in [-0.1, -0.05) is 17.4 Å². The van der Waals surface area contributed by atoms with Gasteiger partial charge in [0.2, 0.25) is 11.8 Å². The lowest BCUT2D eigenvalue weighted by Gasteiger charge is -2.28. The lowest BCUT2D eigenvalue weighted by atomic mass is 9.94. The van der Waals surface area contributed by atoms with Crippen LogP contribution in [0.3, 0.4) is 0 Å². The minimum Gasteiger partial charge on any atom is -0.446 e. The number of thiazole rings is 1. The van der Waals surface area contributed by atoms with E-state index in [0.29, 0.717) is 16.5 Å². The summed E-state index contributed by atoms with van der Waals surface area (Å²) in [7, 11) is 0. The smallest absolute Gasteiger partial charge is 0.411 e. The maximum Gasteiger partial charge on any atom is 0.411 e. The molecule has 2 fully saturated rings. The first-order chi connectivity index (χ1) is 16.3. The zero-order chi connectivity index (χ0) is 23.9. The summed E-state index contributed by atoms with van der Waals surface area (Å²) in [5.74, 6) is -2.54. The Bertz CT molecular complexity index is 1250. The fourth-order valence-electron chi connectivity index (χ4n) is 3.95. The van der Waals surface area contributed by atoms with E-state index in [9.17, 15) is 18.4 Å². The Morgan fingerprint density at radius 2 is 1.85 bits per heavy atom. The van der Waals surface area contributed by atoms with Crippen LogP contribution in [0.5, 0.6) is 0 Å². The molecule has 0 atom stereocenters. The van der Waals surface area contributed by atoms with Gasteiger partial charge >= 0.3 is 6.09 Å². The lowest BCUT2D eigenvalue weighted by molar-refractivity contribution is -0.117. The number of alkyl halides is 2. The normalized spacial score (nSPS) is 18.0. The summed E-state index contributed by atoms with van der Waals surface area (Å²) in [5.41, 5.74) is 3.57. The zero-order valence-electron chi connectivity index (χ0n) is 18.6. The van der Waals surface area contributed by atoms with E-state index in [0.717, 1.165) is 34.2 Å². The lowest BCUT2D eigenvalue weighted by Crippen LogP contribution is -2.31. The van der Waals surface area contributed by atoms with Gasteiger partial charge in [-0.25, -0.2) is 18.6 Å². The van der Waals surface area contributed by atoms with E-state index in [1.54, 1.807) is 19.2 Å². The van der Waals surface area contributed by atoms with Gasteiger partial charge in [0.15, 0.2) is 5.13 Å².